The normalized spacial score (nSPS) is 16.2. The van der Waals surface area contributed by atoms with Crippen molar-refractivity contribution in [3.8, 4) is 0 Å². The number of nitrogens with one attached hydrogen (secondary N) is 1. The fraction of sp³-hybridized carbons (Fsp3) is 0.692. The molecule has 0 saturated heterocycles. The second-order valence-corrected chi connectivity index (χ2v) is 7.44. The van der Waals surface area contributed by atoms with Crippen LogP contribution in [0.4, 0.5) is 0 Å². The highest BCUT2D eigenvalue weighted by Gasteiger charge is 2.24. The third-order valence-corrected chi connectivity index (χ3v) is 5.32. The van der Waals surface area contributed by atoms with E-state index < -0.39 is 10.2 Å². The Morgan fingerprint density at radius 1 is 1.35 bits per heavy atom. The summed E-state index contributed by atoms with van der Waals surface area (Å²) >= 11 is 0. The Morgan fingerprint density at radius 2 is 2.10 bits per heavy atom. The Kier molecular flexibility index (Phi) is 5.20. The van der Waals surface area contributed by atoms with E-state index in [1.54, 1.807) is 32.7 Å². The molecule has 0 atom stereocenters. The number of nitrogens with zero attached hydrogens (tertiary/aromatic N) is 2. The lowest BCUT2D eigenvalue weighted by Gasteiger charge is -2.24. The summed E-state index contributed by atoms with van der Waals surface area (Å²) in [7, 11) is -0.195. The summed E-state index contributed by atoms with van der Waals surface area (Å²) in [6.45, 7) is 1.72. The van der Waals surface area contributed by atoms with Gasteiger partial charge in [-0.15, -0.1) is 0 Å². The molecule has 1 N–H and O–H groups in total. The molecule has 1 aromatic heterocycles. The fourth-order valence-electron chi connectivity index (χ4n) is 1.97. The van der Waals surface area contributed by atoms with Crippen LogP contribution in [0, 0.1) is 0 Å². The predicted octanol–water partition coefficient (Wildman–Crippen LogP) is 1.03. The molecule has 1 heterocycles. The summed E-state index contributed by atoms with van der Waals surface area (Å²) in [5.74, 6) is 0. The van der Waals surface area contributed by atoms with E-state index in [0.717, 1.165) is 18.5 Å². The van der Waals surface area contributed by atoms with Crippen LogP contribution in [0.15, 0.2) is 23.0 Å². The molecular formula is C13H23N3O3S. The summed E-state index contributed by atoms with van der Waals surface area (Å²) in [6.07, 6.45) is 6.43. The Hall–Kier alpha value is -0.890. The van der Waals surface area contributed by atoms with Crippen molar-refractivity contribution in [2.45, 2.75) is 31.8 Å². The monoisotopic (exact) mass is 301 g/mol. The third-order valence-electron chi connectivity index (χ3n) is 3.43. The Morgan fingerprint density at radius 3 is 2.70 bits per heavy atom. The molecule has 114 valence electrons. The molecule has 0 radical (unpaired) electrons. The second-order valence-electron chi connectivity index (χ2n) is 5.30. The Labute approximate surface area is 120 Å². The molecule has 7 heteroatoms. The molecule has 1 fully saturated rings. The molecule has 1 aliphatic carbocycles. The summed E-state index contributed by atoms with van der Waals surface area (Å²) in [4.78, 5) is 0. The molecule has 0 aromatic carbocycles. The van der Waals surface area contributed by atoms with Crippen LogP contribution in [0.1, 0.15) is 24.8 Å². The van der Waals surface area contributed by atoms with Crippen LogP contribution in [0.3, 0.4) is 0 Å². The van der Waals surface area contributed by atoms with Crippen molar-refractivity contribution in [2.75, 3.05) is 27.2 Å². The fourth-order valence-corrected chi connectivity index (χ4v) is 3.12. The number of rotatable bonds is 9. The average molecular weight is 301 g/mol. The number of hydrogen-bond donors (Lipinski definition) is 1. The van der Waals surface area contributed by atoms with Gasteiger partial charge in [0.25, 0.3) is 10.2 Å². The zero-order valence-corrected chi connectivity index (χ0v) is 12.9. The van der Waals surface area contributed by atoms with E-state index in [1.807, 2.05) is 0 Å². The van der Waals surface area contributed by atoms with Gasteiger partial charge < -0.3 is 9.73 Å². The van der Waals surface area contributed by atoms with Gasteiger partial charge >= 0.3 is 0 Å². The number of hydrogen-bond acceptors (Lipinski definition) is 4. The molecule has 2 rings (SSSR count). The molecule has 0 aliphatic heterocycles. The molecule has 20 heavy (non-hydrogen) atoms. The van der Waals surface area contributed by atoms with Gasteiger partial charge in [0.2, 0.25) is 0 Å². The maximum atomic E-state index is 12.3. The zero-order chi connectivity index (χ0) is 14.6. The van der Waals surface area contributed by atoms with E-state index in [2.05, 4.69) is 5.32 Å². The molecule has 0 amide bonds. The molecule has 6 nitrogen and oxygen atoms in total. The highest BCUT2D eigenvalue weighted by molar-refractivity contribution is 7.86. The first kappa shape index (κ1) is 15.5. The standard InChI is InChI=1S/C13H23N3O3S/c1-15(8-3-7-14-13-4-5-13)20(17,18)16(2)10-12-6-9-19-11-12/h6,9,11,13-14H,3-5,7-8,10H2,1-2H3. The number of furan rings is 1. The highest BCUT2D eigenvalue weighted by atomic mass is 32.2. The van der Waals surface area contributed by atoms with Gasteiger partial charge in [0.1, 0.15) is 0 Å². The molecule has 1 aromatic rings. The maximum absolute atomic E-state index is 12.3. The molecule has 0 bridgehead atoms. The van der Waals surface area contributed by atoms with Gasteiger partial charge in [0.15, 0.2) is 0 Å². The minimum absolute atomic E-state index is 0.323. The second kappa shape index (κ2) is 6.71. The zero-order valence-electron chi connectivity index (χ0n) is 12.1. The van der Waals surface area contributed by atoms with Crippen LogP contribution < -0.4 is 5.32 Å². The van der Waals surface area contributed by atoms with Crippen molar-refractivity contribution in [3.05, 3.63) is 24.2 Å². The van der Waals surface area contributed by atoms with E-state index in [1.165, 1.54) is 21.5 Å². The maximum Gasteiger partial charge on any atom is 0.281 e. The lowest BCUT2D eigenvalue weighted by molar-refractivity contribution is 0.383. The van der Waals surface area contributed by atoms with E-state index in [-0.39, 0.29) is 0 Å². The lowest BCUT2D eigenvalue weighted by Crippen LogP contribution is -2.40. The predicted molar refractivity (Wildman–Crippen MR) is 77.4 cm³/mol. The summed E-state index contributed by atoms with van der Waals surface area (Å²) < 4.78 is 32.3. The third kappa shape index (κ3) is 4.31. The van der Waals surface area contributed by atoms with Gasteiger partial charge in [-0.25, -0.2) is 0 Å². The summed E-state index contributed by atoms with van der Waals surface area (Å²) in [5.41, 5.74) is 0.847. The van der Waals surface area contributed by atoms with Crippen molar-refractivity contribution < 1.29 is 12.8 Å². The van der Waals surface area contributed by atoms with Gasteiger partial charge in [0, 0.05) is 38.8 Å². The van der Waals surface area contributed by atoms with Crippen LogP contribution in [0.25, 0.3) is 0 Å². The average Bonchev–Trinajstić information content (AvgIpc) is 3.10. The Bertz CT molecular complexity index is 497. The van der Waals surface area contributed by atoms with Crippen LogP contribution in [-0.2, 0) is 16.8 Å². The Balaban J connectivity index is 1.77. The van der Waals surface area contributed by atoms with E-state index in [0.29, 0.717) is 19.1 Å². The minimum Gasteiger partial charge on any atom is -0.472 e. The van der Waals surface area contributed by atoms with Crippen molar-refractivity contribution in [2.24, 2.45) is 0 Å². The van der Waals surface area contributed by atoms with Crippen molar-refractivity contribution in [1.29, 1.82) is 0 Å². The highest BCUT2D eigenvalue weighted by Crippen LogP contribution is 2.18. The first-order valence-corrected chi connectivity index (χ1v) is 8.32. The largest absolute Gasteiger partial charge is 0.472 e. The molecule has 0 spiro atoms. The van der Waals surface area contributed by atoms with E-state index in [9.17, 15) is 8.42 Å². The van der Waals surface area contributed by atoms with Crippen LogP contribution in [0.2, 0.25) is 0 Å². The first-order chi connectivity index (χ1) is 9.50. The molecule has 1 aliphatic rings. The van der Waals surface area contributed by atoms with Crippen LogP contribution >= 0.6 is 0 Å². The van der Waals surface area contributed by atoms with Gasteiger partial charge in [-0.05, 0) is 31.9 Å². The van der Waals surface area contributed by atoms with Crippen LogP contribution in [0.5, 0.6) is 0 Å². The summed E-state index contributed by atoms with van der Waals surface area (Å²) in [5, 5.41) is 3.38. The van der Waals surface area contributed by atoms with Gasteiger partial charge in [-0.1, -0.05) is 0 Å². The van der Waals surface area contributed by atoms with E-state index >= 15 is 0 Å². The van der Waals surface area contributed by atoms with Crippen molar-refractivity contribution in [3.63, 3.8) is 0 Å². The van der Waals surface area contributed by atoms with Crippen LogP contribution in [-0.4, -0.2) is 50.3 Å². The molecule has 0 unspecified atom stereocenters. The lowest BCUT2D eigenvalue weighted by atomic mass is 10.3. The van der Waals surface area contributed by atoms with Gasteiger partial charge in [0.05, 0.1) is 12.5 Å². The SMILES string of the molecule is CN(CCCNC1CC1)S(=O)(=O)N(C)Cc1ccoc1. The quantitative estimate of drug-likeness (QED) is 0.692. The van der Waals surface area contributed by atoms with E-state index in [4.69, 9.17) is 4.42 Å². The molecular weight excluding hydrogens is 278 g/mol. The smallest absolute Gasteiger partial charge is 0.281 e. The van der Waals surface area contributed by atoms with Gasteiger partial charge in [-0.3, -0.25) is 0 Å². The minimum atomic E-state index is -3.40. The van der Waals surface area contributed by atoms with Crippen molar-refractivity contribution >= 4 is 10.2 Å². The van der Waals surface area contributed by atoms with Crippen molar-refractivity contribution in [1.82, 2.24) is 13.9 Å². The summed E-state index contributed by atoms with van der Waals surface area (Å²) in [6, 6.07) is 2.44. The topological polar surface area (TPSA) is 65.8 Å². The first-order valence-electron chi connectivity index (χ1n) is 6.92. The molecule has 1 saturated carbocycles. The van der Waals surface area contributed by atoms with Gasteiger partial charge in [-0.2, -0.15) is 17.0 Å².